The van der Waals surface area contributed by atoms with Gasteiger partial charge in [0.05, 0.1) is 6.54 Å². The van der Waals surface area contributed by atoms with Crippen LogP contribution in [0, 0.1) is 12.7 Å². The van der Waals surface area contributed by atoms with Gasteiger partial charge in [0.2, 0.25) is 11.8 Å². The summed E-state index contributed by atoms with van der Waals surface area (Å²) in [6.07, 6.45) is 0.545. The summed E-state index contributed by atoms with van der Waals surface area (Å²) in [4.78, 5) is 25.5. The second-order valence-electron chi connectivity index (χ2n) is 5.82. The molecule has 0 atom stereocenters. The smallest absolute Gasteiger partial charge is 0.244 e. The van der Waals surface area contributed by atoms with Crippen molar-refractivity contribution in [1.29, 1.82) is 0 Å². The fraction of sp³-hybridized carbons (Fsp3) is 0.263. The van der Waals surface area contributed by atoms with Gasteiger partial charge in [0, 0.05) is 24.2 Å². The molecule has 2 aromatic carbocycles. The standard InChI is InChI=1S/C19H20ClFN2O2/c1-13-3-6-16(20)11-18(13)22-19(25)12-23(14(2)24)10-9-15-4-7-17(21)8-5-15/h3-8,11H,9-10,12H2,1-2H3,(H,22,25). The number of aryl methyl sites for hydroxylation is 1. The molecule has 25 heavy (non-hydrogen) atoms. The highest BCUT2D eigenvalue weighted by molar-refractivity contribution is 6.31. The second kappa shape index (κ2) is 8.62. The van der Waals surface area contributed by atoms with Crippen LogP contribution < -0.4 is 5.32 Å². The zero-order valence-electron chi connectivity index (χ0n) is 14.2. The van der Waals surface area contributed by atoms with Crippen LogP contribution in [0.4, 0.5) is 10.1 Å². The number of carbonyl (C=O) groups is 2. The van der Waals surface area contributed by atoms with Crippen molar-refractivity contribution in [3.05, 3.63) is 64.4 Å². The Labute approximate surface area is 151 Å². The van der Waals surface area contributed by atoms with E-state index >= 15 is 0 Å². The highest BCUT2D eigenvalue weighted by atomic mass is 35.5. The molecule has 0 fully saturated rings. The molecule has 2 amide bonds. The molecule has 4 nitrogen and oxygen atoms in total. The monoisotopic (exact) mass is 362 g/mol. The number of halogens is 2. The molecular formula is C19H20ClFN2O2. The summed E-state index contributed by atoms with van der Waals surface area (Å²) in [5, 5.41) is 3.30. The first-order chi connectivity index (χ1) is 11.8. The van der Waals surface area contributed by atoms with Crippen LogP contribution in [0.5, 0.6) is 0 Å². The summed E-state index contributed by atoms with van der Waals surface area (Å²) in [7, 11) is 0. The van der Waals surface area contributed by atoms with Gasteiger partial charge >= 0.3 is 0 Å². The van der Waals surface area contributed by atoms with Gasteiger partial charge in [-0.1, -0.05) is 29.8 Å². The van der Waals surface area contributed by atoms with E-state index < -0.39 is 0 Å². The number of anilines is 1. The summed E-state index contributed by atoms with van der Waals surface area (Å²) < 4.78 is 12.9. The highest BCUT2D eigenvalue weighted by Gasteiger charge is 2.14. The normalized spacial score (nSPS) is 10.4. The van der Waals surface area contributed by atoms with Gasteiger partial charge in [-0.2, -0.15) is 0 Å². The molecular weight excluding hydrogens is 343 g/mol. The average molecular weight is 363 g/mol. The Balaban J connectivity index is 1.95. The molecule has 2 aromatic rings. The Kier molecular flexibility index (Phi) is 6.53. The maximum atomic E-state index is 12.9. The van der Waals surface area contributed by atoms with Crippen LogP contribution in [-0.4, -0.2) is 29.8 Å². The minimum absolute atomic E-state index is 0.0531. The molecule has 6 heteroatoms. The van der Waals surface area contributed by atoms with Crippen LogP contribution in [0.15, 0.2) is 42.5 Å². The molecule has 0 spiro atoms. The molecule has 0 saturated heterocycles. The number of benzene rings is 2. The van der Waals surface area contributed by atoms with Crippen molar-refractivity contribution in [2.24, 2.45) is 0 Å². The van der Waals surface area contributed by atoms with Gasteiger partial charge in [-0.15, -0.1) is 0 Å². The third-order valence-corrected chi connectivity index (χ3v) is 4.07. The topological polar surface area (TPSA) is 49.4 Å². The highest BCUT2D eigenvalue weighted by Crippen LogP contribution is 2.20. The number of hydrogen-bond donors (Lipinski definition) is 1. The van der Waals surface area contributed by atoms with E-state index in [1.165, 1.54) is 24.0 Å². The van der Waals surface area contributed by atoms with Crippen LogP contribution in [0.25, 0.3) is 0 Å². The Hall–Kier alpha value is -2.40. The van der Waals surface area contributed by atoms with Crippen molar-refractivity contribution in [3.63, 3.8) is 0 Å². The third kappa shape index (κ3) is 5.87. The lowest BCUT2D eigenvalue weighted by Crippen LogP contribution is -2.38. The lowest BCUT2D eigenvalue weighted by molar-refractivity contribution is -0.132. The number of amides is 2. The van der Waals surface area contributed by atoms with Gasteiger partial charge in [-0.25, -0.2) is 4.39 Å². The number of nitrogens with one attached hydrogen (secondary N) is 1. The van der Waals surface area contributed by atoms with Crippen LogP contribution in [0.3, 0.4) is 0 Å². The zero-order valence-corrected chi connectivity index (χ0v) is 14.9. The van der Waals surface area contributed by atoms with Crippen molar-refractivity contribution in [3.8, 4) is 0 Å². The molecule has 1 N–H and O–H groups in total. The molecule has 0 saturated carbocycles. The first-order valence-corrected chi connectivity index (χ1v) is 8.29. The van der Waals surface area contributed by atoms with E-state index in [2.05, 4.69) is 5.32 Å². The first-order valence-electron chi connectivity index (χ1n) is 7.91. The van der Waals surface area contributed by atoms with E-state index in [4.69, 9.17) is 11.6 Å². The zero-order chi connectivity index (χ0) is 18.4. The van der Waals surface area contributed by atoms with Gasteiger partial charge in [0.15, 0.2) is 0 Å². The summed E-state index contributed by atoms with van der Waals surface area (Å²) in [6.45, 7) is 3.61. The fourth-order valence-electron chi connectivity index (χ4n) is 2.35. The molecule has 0 radical (unpaired) electrons. The predicted molar refractivity (Wildman–Crippen MR) is 97.2 cm³/mol. The van der Waals surface area contributed by atoms with Gasteiger partial charge < -0.3 is 10.2 Å². The van der Waals surface area contributed by atoms with Gasteiger partial charge in [-0.05, 0) is 48.7 Å². The lowest BCUT2D eigenvalue weighted by Gasteiger charge is -2.21. The maximum absolute atomic E-state index is 12.9. The molecule has 0 aliphatic rings. The number of carbonyl (C=O) groups excluding carboxylic acids is 2. The number of rotatable bonds is 6. The number of hydrogen-bond acceptors (Lipinski definition) is 2. The van der Waals surface area contributed by atoms with E-state index in [-0.39, 0.29) is 24.2 Å². The van der Waals surface area contributed by atoms with E-state index in [1.807, 2.05) is 13.0 Å². The van der Waals surface area contributed by atoms with E-state index in [0.29, 0.717) is 23.7 Å². The molecule has 0 aliphatic heterocycles. The van der Waals surface area contributed by atoms with Crippen molar-refractivity contribution >= 4 is 29.1 Å². The maximum Gasteiger partial charge on any atom is 0.244 e. The Morgan fingerprint density at radius 2 is 1.84 bits per heavy atom. The molecule has 0 aliphatic carbocycles. The largest absolute Gasteiger partial charge is 0.333 e. The lowest BCUT2D eigenvalue weighted by atomic mass is 10.1. The van der Waals surface area contributed by atoms with Gasteiger partial charge in [-0.3, -0.25) is 9.59 Å². The van der Waals surface area contributed by atoms with Crippen LogP contribution in [-0.2, 0) is 16.0 Å². The Bertz CT molecular complexity index is 763. The van der Waals surface area contributed by atoms with Gasteiger partial charge in [0.1, 0.15) is 5.82 Å². The average Bonchev–Trinajstić information content (AvgIpc) is 2.56. The SMILES string of the molecule is CC(=O)N(CCc1ccc(F)cc1)CC(=O)Nc1cc(Cl)ccc1C. The second-order valence-corrected chi connectivity index (χ2v) is 6.26. The van der Waals surface area contributed by atoms with Crippen LogP contribution in [0.2, 0.25) is 5.02 Å². The third-order valence-electron chi connectivity index (χ3n) is 3.84. The molecule has 0 bridgehead atoms. The van der Waals surface area contributed by atoms with Crippen molar-refractivity contribution in [1.82, 2.24) is 4.90 Å². The van der Waals surface area contributed by atoms with E-state index in [1.54, 1.807) is 24.3 Å². The van der Waals surface area contributed by atoms with Gasteiger partial charge in [0.25, 0.3) is 0 Å². The summed E-state index contributed by atoms with van der Waals surface area (Å²) in [5.74, 6) is -0.789. The van der Waals surface area contributed by atoms with Crippen molar-refractivity contribution < 1.29 is 14.0 Å². The van der Waals surface area contributed by atoms with E-state index in [0.717, 1.165) is 11.1 Å². The fourth-order valence-corrected chi connectivity index (χ4v) is 2.53. The minimum atomic E-state index is -0.302. The van der Waals surface area contributed by atoms with Crippen molar-refractivity contribution in [2.45, 2.75) is 20.3 Å². The van der Waals surface area contributed by atoms with Crippen LogP contribution >= 0.6 is 11.6 Å². The van der Waals surface area contributed by atoms with E-state index in [9.17, 15) is 14.0 Å². The quantitative estimate of drug-likeness (QED) is 0.849. The molecule has 0 unspecified atom stereocenters. The predicted octanol–water partition coefficient (Wildman–Crippen LogP) is 3.82. The summed E-state index contributed by atoms with van der Waals surface area (Å²) in [6, 6.07) is 11.3. The molecule has 2 rings (SSSR count). The molecule has 0 heterocycles. The van der Waals surface area contributed by atoms with Crippen molar-refractivity contribution in [2.75, 3.05) is 18.4 Å². The first kappa shape index (κ1) is 18.9. The van der Waals surface area contributed by atoms with Crippen LogP contribution in [0.1, 0.15) is 18.1 Å². The molecule has 0 aromatic heterocycles. The Morgan fingerprint density at radius 1 is 1.16 bits per heavy atom. The minimum Gasteiger partial charge on any atom is -0.333 e. The molecule has 132 valence electrons. The Morgan fingerprint density at radius 3 is 2.48 bits per heavy atom. The summed E-state index contributed by atoms with van der Waals surface area (Å²) >= 11 is 5.94. The number of nitrogens with zero attached hydrogens (tertiary/aromatic N) is 1. The summed E-state index contributed by atoms with van der Waals surface area (Å²) in [5.41, 5.74) is 2.41.